The van der Waals surface area contributed by atoms with Crippen molar-refractivity contribution in [1.82, 2.24) is 4.72 Å². The molecule has 0 bridgehead atoms. The Morgan fingerprint density at radius 1 is 1.14 bits per heavy atom. The molecule has 1 saturated carbocycles. The molecule has 0 aliphatic heterocycles. The Hall–Kier alpha value is -0.910. The molecule has 0 radical (unpaired) electrons. The average molecular weight is 311 g/mol. The average Bonchev–Trinajstić information content (AvgIpc) is 2.77. The number of aliphatic hydroxyl groups is 1. The van der Waals surface area contributed by atoms with Crippen LogP contribution in [0.2, 0.25) is 0 Å². The Morgan fingerprint density at radius 2 is 1.71 bits per heavy atom. The standard InChI is InChI=1S/C16H25NO3S/c1-15(2)14(16(15,3)4)9-17-21(19,20)11-13-7-5-6-12(8-13)10-18/h5-8,14,17-18H,9-11H2,1-4H3. The molecule has 1 aliphatic carbocycles. The monoisotopic (exact) mass is 311 g/mol. The lowest BCUT2D eigenvalue weighted by Crippen LogP contribution is -2.28. The normalized spacial score (nSPS) is 20.4. The molecule has 2 N–H and O–H groups in total. The van der Waals surface area contributed by atoms with Gasteiger partial charge in [-0.05, 0) is 27.9 Å². The molecule has 5 heteroatoms. The maximum absolute atomic E-state index is 12.2. The summed E-state index contributed by atoms with van der Waals surface area (Å²) in [5.74, 6) is 0.317. The number of rotatable bonds is 6. The molecule has 0 spiro atoms. The van der Waals surface area contributed by atoms with Crippen LogP contribution in [-0.2, 0) is 22.4 Å². The smallest absolute Gasteiger partial charge is 0.215 e. The van der Waals surface area contributed by atoms with E-state index in [2.05, 4.69) is 32.4 Å². The number of aliphatic hydroxyl groups excluding tert-OH is 1. The van der Waals surface area contributed by atoms with Gasteiger partial charge in [-0.3, -0.25) is 0 Å². The van der Waals surface area contributed by atoms with Gasteiger partial charge in [-0.1, -0.05) is 52.0 Å². The number of sulfonamides is 1. The highest BCUT2D eigenvalue weighted by molar-refractivity contribution is 7.88. The van der Waals surface area contributed by atoms with E-state index in [0.717, 1.165) is 5.56 Å². The van der Waals surface area contributed by atoms with Crippen LogP contribution in [-0.4, -0.2) is 20.1 Å². The van der Waals surface area contributed by atoms with Crippen LogP contribution in [0.25, 0.3) is 0 Å². The molecule has 1 aromatic rings. The van der Waals surface area contributed by atoms with E-state index in [1.807, 2.05) is 0 Å². The third-order valence-electron chi connectivity index (χ3n) is 5.36. The number of hydrogen-bond donors (Lipinski definition) is 2. The van der Waals surface area contributed by atoms with Crippen molar-refractivity contribution in [2.75, 3.05) is 6.54 Å². The highest BCUT2D eigenvalue weighted by Gasteiger charge is 2.64. The fraction of sp³-hybridized carbons (Fsp3) is 0.625. The van der Waals surface area contributed by atoms with Gasteiger partial charge in [0, 0.05) is 6.54 Å². The van der Waals surface area contributed by atoms with Crippen molar-refractivity contribution in [1.29, 1.82) is 0 Å². The van der Waals surface area contributed by atoms with Crippen molar-refractivity contribution in [2.24, 2.45) is 16.7 Å². The molecular weight excluding hydrogens is 286 g/mol. The Labute approximate surface area is 127 Å². The van der Waals surface area contributed by atoms with Crippen LogP contribution in [0.3, 0.4) is 0 Å². The van der Waals surface area contributed by atoms with E-state index in [-0.39, 0.29) is 23.2 Å². The second kappa shape index (κ2) is 5.38. The lowest BCUT2D eigenvalue weighted by molar-refractivity contribution is 0.282. The predicted octanol–water partition coefficient (Wildman–Crippen LogP) is 2.28. The molecule has 1 fully saturated rings. The van der Waals surface area contributed by atoms with Gasteiger partial charge in [0.15, 0.2) is 0 Å². The summed E-state index contributed by atoms with van der Waals surface area (Å²) in [4.78, 5) is 0. The Kier molecular flexibility index (Phi) is 4.21. The van der Waals surface area contributed by atoms with Crippen LogP contribution in [0, 0.1) is 16.7 Å². The molecule has 0 saturated heterocycles. The highest BCUT2D eigenvalue weighted by Crippen LogP contribution is 2.67. The second-order valence-corrected chi connectivity index (χ2v) is 8.89. The number of benzene rings is 1. The number of nitrogens with one attached hydrogen (secondary N) is 1. The maximum Gasteiger partial charge on any atom is 0.215 e. The predicted molar refractivity (Wildman–Crippen MR) is 84.0 cm³/mol. The summed E-state index contributed by atoms with van der Waals surface area (Å²) in [6, 6.07) is 7.04. The minimum Gasteiger partial charge on any atom is -0.392 e. The van der Waals surface area contributed by atoms with Crippen LogP contribution in [0.15, 0.2) is 24.3 Å². The zero-order valence-electron chi connectivity index (χ0n) is 13.2. The molecule has 1 aromatic carbocycles. The summed E-state index contributed by atoms with van der Waals surface area (Å²) in [6.45, 7) is 9.12. The van der Waals surface area contributed by atoms with Crippen molar-refractivity contribution >= 4 is 10.0 Å². The van der Waals surface area contributed by atoms with Crippen LogP contribution < -0.4 is 4.72 Å². The molecule has 2 rings (SSSR count). The van der Waals surface area contributed by atoms with E-state index in [4.69, 9.17) is 5.11 Å². The summed E-state index contributed by atoms with van der Waals surface area (Å²) in [5, 5.41) is 9.09. The minimum absolute atomic E-state index is 0.0472. The molecular formula is C16H25NO3S. The lowest BCUT2D eigenvalue weighted by atomic mass is 10.0. The molecule has 0 atom stereocenters. The van der Waals surface area contributed by atoms with Gasteiger partial charge in [0.05, 0.1) is 12.4 Å². The lowest BCUT2D eigenvalue weighted by Gasteiger charge is -2.08. The molecule has 0 aromatic heterocycles. The van der Waals surface area contributed by atoms with Crippen molar-refractivity contribution < 1.29 is 13.5 Å². The third-order valence-corrected chi connectivity index (χ3v) is 6.68. The van der Waals surface area contributed by atoms with Crippen molar-refractivity contribution in [3.05, 3.63) is 35.4 Å². The first-order chi connectivity index (χ1) is 9.60. The van der Waals surface area contributed by atoms with Gasteiger partial charge < -0.3 is 5.11 Å². The minimum atomic E-state index is -3.35. The fourth-order valence-corrected chi connectivity index (χ4v) is 4.28. The van der Waals surface area contributed by atoms with Crippen molar-refractivity contribution in [3.63, 3.8) is 0 Å². The summed E-state index contributed by atoms with van der Waals surface area (Å²) in [6.07, 6.45) is 0. The zero-order chi connectivity index (χ0) is 15.9. The van der Waals surface area contributed by atoms with E-state index < -0.39 is 10.0 Å². The summed E-state index contributed by atoms with van der Waals surface area (Å²) < 4.78 is 27.1. The Balaban J connectivity index is 1.97. The van der Waals surface area contributed by atoms with E-state index in [9.17, 15) is 8.42 Å². The van der Waals surface area contributed by atoms with Crippen molar-refractivity contribution in [3.8, 4) is 0 Å². The summed E-state index contributed by atoms with van der Waals surface area (Å²) in [7, 11) is -3.35. The molecule has 4 nitrogen and oxygen atoms in total. The van der Waals surface area contributed by atoms with Crippen LogP contribution in [0.4, 0.5) is 0 Å². The molecule has 0 unspecified atom stereocenters. The van der Waals surface area contributed by atoms with Gasteiger partial charge in [-0.15, -0.1) is 0 Å². The Bertz CT molecular complexity index is 606. The van der Waals surface area contributed by atoms with E-state index >= 15 is 0 Å². The molecule has 0 amide bonds. The number of hydrogen-bond acceptors (Lipinski definition) is 3. The van der Waals surface area contributed by atoms with Gasteiger partial charge in [0.25, 0.3) is 0 Å². The fourth-order valence-electron chi connectivity index (χ4n) is 3.14. The first kappa shape index (κ1) is 16.5. The molecule has 0 heterocycles. The van der Waals surface area contributed by atoms with E-state index in [1.54, 1.807) is 24.3 Å². The third kappa shape index (κ3) is 3.30. The Morgan fingerprint density at radius 3 is 2.24 bits per heavy atom. The summed E-state index contributed by atoms with van der Waals surface area (Å²) >= 11 is 0. The van der Waals surface area contributed by atoms with Crippen LogP contribution in [0.1, 0.15) is 38.8 Å². The zero-order valence-corrected chi connectivity index (χ0v) is 14.0. The van der Waals surface area contributed by atoms with E-state index in [0.29, 0.717) is 18.0 Å². The molecule has 1 aliphatic rings. The van der Waals surface area contributed by atoms with Gasteiger partial charge >= 0.3 is 0 Å². The van der Waals surface area contributed by atoms with Crippen LogP contribution in [0.5, 0.6) is 0 Å². The van der Waals surface area contributed by atoms with E-state index in [1.165, 1.54) is 0 Å². The first-order valence-electron chi connectivity index (χ1n) is 7.26. The van der Waals surface area contributed by atoms with Gasteiger partial charge in [0.1, 0.15) is 0 Å². The topological polar surface area (TPSA) is 66.4 Å². The second-order valence-electron chi connectivity index (χ2n) is 7.08. The SMILES string of the molecule is CC1(C)C(CNS(=O)(=O)Cc2cccc(CO)c2)C1(C)C. The first-order valence-corrected chi connectivity index (χ1v) is 8.91. The highest BCUT2D eigenvalue weighted by atomic mass is 32.2. The van der Waals surface area contributed by atoms with Crippen LogP contribution >= 0.6 is 0 Å². The van der Waals surface area contributed by atoms with Gasteiger partial charge in [-0.25, -0.2) is 13.1 Å². The van der Waals surface area contributed by atoms with Gasteiger partial charge in [-0.2, -0.15) is 0 Å². The summed E-state index contributed by atoms with van der Waals surface area (Å²) in [5.41, 5.74) is 1.77. The molecule has 118 valence electrons. The van der Waals surface area contributed by atoms with Crippen molar-refractivity contribution in [2.45, 2.75) is 40.1 Å². The largest absolute Gasteiger partial charge is 0.392 e. The maximum atomic E-state index is 12.2. The molecule has 21 heavy (non-hydrogen) atoms. The van der Waals surface area contributed by atoms with Gasteiger partial charge in [0.2, 0.25) is 10.0 Å². The quantitative estimate of drug-likeness (QED) is 0.847.